The van der Waals surface area contributed by atoms with Crippen LogP contribution in [0.3, 0.4) is 0 Å². The van der Waals surface area contributed by atoms with E-state index in [1.807, 2.05) is 72.8 Å². The molecule has 0 aliphatic heterocycles. The fraction of sp³-hybridized carbons (Fsp3) is 0.400. The Morgan fingerprint density at radius 3 is 1.26 bits per heavy atom. The molecule has 8 rings (SSSR count). The minimum Gasteiger partial charge on any atom is -0.493 e. The van der Waals surface area contributed by atoms with Gasteiger partial charge in [-0.05, 0) is 121 Å². The summed E-state index contributed by atoms with van der Waals surface area (Å²) in [5.74, 6) is 2.70. The topological polar surface area (TPSA) is 123 Å². The van der Waals surface area contributed by atoms with Crippen LogP contribution < -0.4 is 20.2 Å². The van der Waals surface area contributed by atoms with Crippen LogP contribution in [0.1, 0.15) is 140 Å². The zero-order valence-electron chi connectivity index (χ0n) is 41.5. The van der Waals surface area contributed by atoms with Crippen molar-refractivity contribution in [3.8, 4) is 46.2 Å². The molecule has 362 valence electrons. The number of unbranched alkanes of at least 4 members (excludes halogenated alkanes) is 8. The van der Waals surface area contributed by atoms with Gasteiger partial charge >= 0.3 is 0 Å². The Balaban J connectivity index is 1.27. The van der Waals surface area contributed by atoms with Crippen molar-refractivity contribution in [3.05, 3.63) is 118 Å². The molecule has 0 amide bonds. The Bertz CT molecular complexity index is 2880. The first-order chi connectivity index (χ1) is 34.5. The summed E-state index contributed by atoms with van der Waals surface area (Å²) in [7, 11) is 0. The van der Waals surface area contributed by atoms with E-state index in [1.165, 1.54) is 125 Å². The molecule has 8 aromatic rings. The summed E-state index contributed by atoms with van der Waals surface area (Å²) in [6.07, 6.45) is 19.6. The Labute approximate surface area is 422 Å². The molecule has 2 atom stereocenters. The van der Waals surface area contributed by atoms with Crippen molar-refractivity contribution in [1.82, 2.24) is 19.9 Å². The molecule has 0 saturated carbocycles. The number of nitriles is 2. The van der Waals surface area contributed by atoms with Crippen molar-refractivity contribution >= 4 is 65.0 Å². The molecule has 2 N–H and O–H groups in total. The molecule has 4 aromatic heterocycles. The second kappa shape index (κ2) is 25.1. The standard InChI is InChI=1S/C60H68N6O2S2/c1-5-9-13-15-23-41(21-11-7-3)39-67-45-33-29-43(30-34-45)55-53-54(58(65-55)48(38-62)60-64-50-26-18-20-28-52(50)70-60)56(66-57(53)47(37-61)59-63-49-25-17-19-27-51(49)69-59)44-31-35-46(36-32-44)68-40-42(22-12-8-4)24-16-14-10-6-2/h17-20,25-36,41-42,65-66H,5-16,21-24,39-40H2,1-4H3/b57-47-,58-48-. The Hall–Kier alpha value is -6.20. The van der Waals surface area contributed by atoms with Crippen molar-refractivity contribution in [2.75, 3.05) is 13.2 Å². The number of H-pyrrole nitrogens is 2. The van der Waals surface area contributed by atoms with E-state index in [0.29, 0.717) is 56.9 Å². The quantitative estimate of drug-likeness (QED) is 0.0521. The average Bonchev–Trinajstić information content (AvgIpc) is 4.20. The molecular formula is C60H68N6O2S2. The maximum absolute atomic E-state index is 11.2. The van der Waals surface area contributed by atoms with Crippen molar-refractivity contribution in [2.24, 2.45) is 11.8 Å². The fourth-order valence-electron chi connectivity index (χ4n) is 9.63. The number of ether oxygens (including phenoxy) is 2. The van der Waals surface area contributed by atoms with Gasteiger partial charge in [0.25, 0.3) is 0 Å². The number of nitrogens with one attached hydrogen (secondary N) is 2. The molecule has 0 saturated heterocycles. The summed E-state index contributed by atoms with van der Waals surface area (Å²) < 4.78 is 15.1. The summed E-state index contributed by atoms with van der Waals surface area (Å²) >= 11 is 3.00. The van der Waals surface area contributed by atoms with E-state index in [9.17, 15) is 10.5 Å². The zero-order valence-corrected chi connectivity index (χ0v) is 43.2. The maximum atomic E-state index is 11.2. The minimum atomic E-state index is 0.428. The van der Waals surface area contributed by atoms with E-state index in [2.05, 4.69) is 74.1 Å². The number of aromatic nitrogens is 4. The number of aromatic amines is 2. The van der Waals surface area contributed by atoms with Crippen LogP contribution >= 0.6 is 22.7 Å². The fourth-order valence-corrected chi connectivity index (χ4v) is 11.6. The lowest BCUT2D eigenvalue weighted by atomic mass is 9.96. The van der Waals surface area contributed by atoms with Gasteiger partial charge in [0.1, 0.15) is 44.8 Å². The van der Waals surface area contributed by atoms with Crippen molar-refractivity contribution in [2.45, 2.75) is 130 Å². The Morgan fingerprint density at radius 1 is 0.500 bits per heavy atom. The molecule has 2 unspecified atom stereocenters. The predicted molar refractivity (Wildman–Crippen MR) is 293 cm³/mol. The van der Waals surface area contributed by atoms with Crippen molar-refractivity contribution in [1.29, 1.82) is 10.5 Å². The van der Waals surface area contributed by atoms with Gasteiger partial charge in [-0.1, -0.05) is 129 Å². The molecule has 4 heterocycles. The lowest BCUT2D eigenvalue weighted by Gasteiger charge is -2.17. The third kappa shape index (κ3) is 12.0. The smallest absolute Gasteiger partial charge is 0.137 e. The number of rotatable bonds is 26. The number of hydrogen-bond acceptors (Lipinski definition) is 8. The molecule has 0 aliphatic carbocycles. The monoisotopic (exact) mass is 968 g/mol. The van der Waals surface area contributed by atoms with E-state index >= 15 is 0 Å². The first-order valence-corrected chi connectivity index (χ1v) is 27.6. The number of para-hydroxylation sites is 2. The first kappa shape index (κ1) is 50.2. The minimum absolute atomic E-state index is 0.428. The van der Waals surface area contributed by atoms with E-state index in [1.54, 1.807) is 0 Å². The van der Waals surface area contributed by atoms with Gasteiger partial charge in [-0.25, -0.2) is 9.97 Å². The maximum Gasteiger partial charge on any atom is 0.137 e. The van der Waals surface area contributed by atoms with Gasteiger partial charge in [0.2, 0.25) is 0 Å². The van der Waals surface area contributed by atoms with E-state index in [0.717, 1.165) is 65.2 Å². The van der Waals surface area contributed by atoms with Crippen LogP contribution in [0.5, 0.6) is 11.5 Å². The number of fused-ring (bicyclic) bond motifs is 3. The SMILES string of the molecule is CCCCCCC(CCCC)COc1ccc(-c2[nH]/c(=C(/C#N)c3nc4ccccc4s3)c3c(-c4ccc(OCC(CCCC)CCCCCC)cc4)[nH]/c(=C(/C#N)c4nc5ccccc5s4)c23)cc1. The second-order valence-corrected chi connectivity index (χ2v) is 20.9. The molecule has 4 aromatic carbocycles. The van der Waals surface area contributed by atoms with Crippen LogP contribution in [0.4, 0.5) is 0 Å². The summed E-state index contributed by atoms with van der Waals surface area (Å²) in [6, 6.07) is 37.7. The molecular weight excluding hydrogens is 901 g/mol. The number of hydrogen-bond donors (Lipinski definition) is 2. The highest BCUT2D eigenvalue weighted by atomic mass is 32.1. The second-order valence-electron chi connectivity index (χ2n) is 18.8. The molecule has 10 heteroatoms. The van der Waals surface area contributed by atoms with Crippen LogP contribution in [0.15, 0.2) is 97.1 Å². The number of thiazole rings is 2. The van der Waals surface area contributed by atoms with Gasteiger partial charge in [0, 0.05) is 10.8 Å². The molecule has 0 fully saturated rings. The molecule has 70 heavy (non-hydrogen) atoms. The van der Waals surface area contributed by atoms with E-state index in [4.69, 9.17) is 19.4 Å². The highest BCUT2D eigenvalue weighted by Gasteiger charge is 2.24. The van der Waals surface area contributed by atoms with Gasteiger partial charge in [0.05, 0.1) is 55.7 Å². The van der Waals surface area contributed by atoms with Gasteiger partial charge in [0.15, 0.2) is 0 Å². The third-order valence-electron chi connectivity index (χ3n) is 13.6. The number of benzene rings is 4. The molecule has 0 radical (unpaired) electrons. The van der Waals surface area contributed by atoms with Gasteiger partial charge in [-0.2, -0.15) is 10.5 Å². The van der Waals surface area contributed by atoms with Gasteiger partial charge < -0.3 is 19.4 Å². The van der Waals surface area contributed by atoms with Crippen LogP contribution in [0.25, 0.3) is 64.9 Å². The van der Waals surface area contributed by atoms with E-state index < -0.39 is 0 Å². The summed E-state index contributed by atoms with van der Waals surface area (Å²) in [5, 5.41) is 26.5. The van der Waals surface area contributed by atoms with Gasteiger partial charge in [-0.15, -0.1) is 22.7 Å². The average molecular weight is 969 g/mol. The highest BCUT2D eigenvalue weighted by Crippen LogP contribution is 2.36. The van der Waals surface area contributed by atoms with Crippen LogP contribution in [-0.2, 0) is 0 Å². The first-order valence-electron chi connectivity index (χ1n) is 26.0. The zero-order chi connectivity index (χ0) is 48.7. The molecule has 0 bridgehead atoms. The lowest BCUT2D eigenvalue weighted by Crippen LogP contribution is -2.12. The van der Waals surface area contributed by atoms with Crippen LogP contribution in [-0.4, -0.2) is 33.1 Å². The molecule has 0 spiro atoms. The highest BCUT2D eigenvalue weighted by molar-refractivity contribution is 7.20. The Kier molecular flexibility index (Phi) is 18.0. The largest absolute Gasteiger partial charge is 0.493 e. The van der Waals surface area contributed by atoms with Crippen LogP contribution in [0, 0.1) is 34.5 Å². The van der Waals surface area contributed by atoms with Crippen molar-refractivity contribution in [3.63, 3.8) is 0 Å². The Morgan fingerprint density at radius 2 is 0.886 bits per heavy atom. The number of nitrogens with zero attached hydrogens (tertiary/aromatic N) is 4. The van der Waals surface area contributed by atoms with E-state index in [-0.39, 0.29) is 0 Å². The summed E-state index contributed by atoms with van der Waals surface area (Å²) in [5.41, 5.74) is 5.90. The molecule has 0 aliphatic rings. The summed E-state index contributed by atoms with van der Waals surface area (Å²) in [4.78, 5) is 17.6. The lowest BCUT2D eigenvalue weighted by molar-refractivity contribution is 0.225. The van der Waals surface area contributed by atoms with Gasteiger partial charge in [-0.3, -0.25) is 0 Å². The van der Waals surface area contributed by atoms with Crippen LogP contribution in [0.2, 0.25) is 0 Å². The third-order valence-corrected chi connectivity index (χ3v) is 15.7. The predicted octanol–water partition coefficient (Wildman–Crippen LogP) is 15.8. The normalized spacial score (nSPS) is 13.3. The van der Waals surface area contributed by atoms with Crippen molar-refractivity contribution < 1.29 is 9.47 Å². The summed E-state index contributed by atoms with van der Waals surface area (Å²) in [6.45, 7) is 10.4. The molecule has 8 nitrogen and oxygen atoms in total.